The highest BCUT2D eigenvalue weighted by atomic mass is 19.4. The molecule has 2 heterocycles. The molecule has 0 saturated heterocycles. The Kier molecular flexibility index (Phi) is 4.52. The summed E-state index contributed by atoms with van der Waals surface area (Å²) < 4.78 is 45.0. The van der Waals surface area contributed by atoms with Gasteiger partial charge in [-0.1, -0.05) is 12.7 Å². The van der Waals surface area contributed by atoms with Crippen molar-refractivity contribution in [3.63, 3.8) is 0 Å². The summed E-state index contributed by atoms with van der Waals surface area (Å²) in [6.45, 7) is 4.57. The van der Waals surface area contributed by atoms with Crippen molar-refractivity contribution in [3.05, 3.63) is 60.2 Å². The number of ether oxygens (including phenoxy) is 1. The predicted octanol–water partition coefficient (Wildman–Crippen LogP) is 3.12. The van der Waals surface area contributed by atoms with Crippen LogP contribution in [0.2, 0.25) is 0 Å². The lowest BCUT2D eigenvalue weighted by atomic mass is 10.2. The van der Waals surface area contributed by atoms with Gasteiger partial charge in [-0.05, 0) is 24.3 Å². The van der Waals surface area contributed by atoms with Crippen molar-refractivity contribution in [2.75, 3.05) is 13.2 Å². The zero-order valence-corrected chi connectivity index (χ0v) is 13.3. The van der Waals surface area contributed by atoms with Crippen molar-refractivity contribution in [2.24, 2.45) is 0 Å². The van der Waals surface area contributed by atoms with Crippen LogP contribution in [-0.2, 0) is 19.3 Å². The van der Waals surface area contributed by atoms with Crippen LogP contribution in [0.3, 0.4) is 0 Å². The molecule has 2 aromatic rings. The maximum atomic E-state index is 12.7. The van der Waals surface area contributed by atoms with Crippen molar-refractivity contribution >= 4 is 5.91 Å². The topological polar surface area (TPSA) is 47.4 Å². The first kappa shape index (κ1) is 17.1. The number of hydrogen-bond donors (Lipinski definition) is 0. The van der Waals surface area contributed by atoms with Gasteiger partial charge in [0.25, 0.3) is 5.91 Å². The summed E-state index contributed by atoms with van der Waals surface area (Å²) in [5, 5.41) is 0. The van der Waals surface area contributed by atoms with Crippen LogP contribution in [0.15, 0.2) is 43.1 Å². The zero-order chi connectivity index (χ0) is 18.0. The third-order valence-electron chi connectivity index (χ3n) is 3.85. The van der Waals surface area contributed by atoms with Crippen LogP contribution < -0.4 is 4.74 Å². The van der Waals surface area contributed by atoms with Crippen LogP contribution in [-0.4, -0.2) is 33.5 Å². The van der Waals surface area contributed by atoms with Gasteiger partial charge in [0, 0.05) is 24.8 Å². The smallest absolute Gasteiger partial charge is 0.434 e. The van der Waals surface area contributed by atoms with Gasteiger partial charge in [0.15, 0.2) is 5.69 Å². The lowest BCUT2D eigenvalue weighted by Gasteiger charge is -2.27. The molecule has 1 aliphatic heterocycles. The largest absolute Gasteiger partial charge is 0.490 e. The van der Waals surface area contributed by atoms with Gasteiger partial charge in [0.2, 0.25) is 0 Å². The number of nitrogens with zero attached hydrogens (tertiary/aromatic N) is 3. The first-order valence-electron chi connectivity index (χ1n) is 7.65. The molecule has 0 aliphatic carbocycles. The van der Waals surface area contributed by atoms with Crippen LogP contribution in [0.4, 0.5) is 13.2 Å². The third kappa shape index (κ3) is 3.67. The Balaban J connectivity index is 1.71. The number of fused-ring (bicyclic) bond motifs is 1. The molecule has 132 valence electrons. The predicted molar refractivity (Wildman–Crippen MR) is 84.1 cm³/mol. The number of rotatable bonds is 4. The van der Waals surface area contributed by atoms with Crippen LogP contribution in [0.5, 0.6) is 5.75 Å². The Labute approximate surface area is 142 Å². The van der Waals surface area contributed by atoms with E-state index in [0.29, 0.717) is 24.5 Å². The zero-order valence-electron chi connectivity index (χ0n) is 13.3. The summed E-state index contributed by atoms with van der Waals surface area (Å²) >= 11 is 0. The van der Waals surface area contributed by atoms with Gasteiger partial charge in [0.05, 0.1) is 6.54 Å². The monoisotopic (exact) mass is 351 g/mol. The quantitative estimate of drug-likeness (QED) is 0.795. The number of imidazole rings is 1. The van der Waals surface area contributed by atoms with Gasteiger partial charge in [-0.15, -0.1) is 0 Å². The Hall–Kier alpha value is -2.77. The van der Waals surface area contributed by atoms with E-state index in [9.17, 15) is 18.0 Å². The average molecular weight is 351 g/mol. The fourth-order valence-corrected chi connectivity index (χ4v) is 2.59. The molecule has 1 aliphatic rings. The van der Waals surface area contributed by atoms with Crippen LogP contribution in [0, 0.1) is 0 Å². The molecule has 0 saturated carbocycles. The van der Waals surface area contributed by atoms with Crippen molar-refractivity contribution in [1.29, 1.82) is 0 Å². The van der Waals surface area contributed by atoms with Crippen molar-refractivity contribution in [2.45, 2.75) is 19.3 Å². The second-order valence-corrected chi connectivity index (χ2v) is 5.58. The van der Waals surface area contributed by atoms with Gasteiger partial charge in [0.1, 0.15) is 18.2 Å². The lowest BCUT2D eigenvalue weighted by Crippen LogP contribution is -2.38. The Morgan fingerprint density at radius 2 is 2.00 bits per heavy atom. The van der Waals surface area contributed by atoms with Crippen LogP contribution in [0.25, 0.3) is 0 Å². The summed E-state index contributed by atoms with van der Waals surface area (Å²) in [5.74, 6) is 0.594. The third-order valence-corrected chi connectivity index (χ3v) is 3.85. The average Bonchev–Trinajstić information content (AvgIpc) is 3.03. The Bertz CT molecular complexity index is 781. The minimum absolute atomic E-state index is 0.0453. The van der Waals surface area contributed by atoms with E-state index in [4.69, 9.17) is 4.74 Å². The Morgan fingerprint density at radius 3 is 2.64 bits per heavy atom. The first-order chi connectivity index (χ1) is 11.9. The molecule has 0 N–H and O–H groups in total. The molecule has 3 rings (SSSR count). The Morgan fingerprint density at radius 1 is 1.28 bits per heavy atom. The maximum absolute atomic E-state index is 12.7. The van der Waals surface area contributed by atoms with Crippen molar-refractivity contribution in [1.82, 2.24) is 14.5 Å². The van der Waals surface area contributed by atoms with E-state index in [1.54, 1.807) is 30.3 Å². The molecule has 0 bridgehead atoms. The molecule has 0 atom stereocenters. The molecule has 1 aromatic heterocycles. The molecule has 25 heavy (non-hydrogen) atoms. The number of halogens is 3. The van der Waals surface area contributed by atoms with E-state index in [1.807, 2.05) is 0 Å². The highest BCUT2D eigenvalue weighted by molar-refractivity contribution is 5.94. The molecule has 0 fully saturated rings. The van der Waals surface area contributed by atoms with Gasteiger partial charge >= 0.3 is 6.18 Å². The van der Waals surface area contributed by atoms with E-state index in [0.717, 1.165) is 6.20 Å². The normalized spacial score (nSPS) is 14.1. The molecular formula is C17H16F3N3O2. The molecule has 0 radical (unpaired) electrons. The van der Waals surface area contributed by atoms with E-state index >= 15 is 0 Å². The highest BCUT2D eigenvalue weighted by Gasteiger charge is 2.36. The molecule has 0 spiro atoms. The van der Waals surface area contributed by atoms with E-state index in [1.165, 1.54) is 9.47 Å². The lowest BCUT2D eigenvalue weighted by molar-refractivity contribution is -0.141. The summed E-state index contributed by atoms with van der Waals surface area (Å²) in [4.78, 5) is 17.6. The molecule has 5 nitrogen and oxygen atoms in total. The van der Waals surface area contributed by atoms with Crippen LogP contribution in [0.1, 0.15) is 21.9 Å². The minimum atomic E-state index is -4.49. The minimum Gasteiger partial charge on any atom is -0.490 e. The van der Waals surface area contributed by atoms with Crippen molar-refractivity contribution < 1.29 is 22.7 Å². The SMILES string of the molecule is C=CCOc1ccc(C(=O)N2CCn3cc(C(F)(F)F)nc3C2)cc1. The fourth-order valence-electron chi connectivity index (χ4n) is 2.59. The fraction of sp³-hybridized carbons (Fsp3) is 0.294. The van der Waals surface area contributed by atoms with E-state index in [-0.39, 0.29) is 24.8 Å². The number of amides is 1. The number of carbonyl (C=O) groups is 1. The number of hydrogen-bond acceptors (Lipinski definition) is 3. The summed E-state index contributed by atoms with van der Waals surface area (Å²) in [7, 11) is 0. The summed E-state index contributed by atoms with van der Waals surface area (Å²) in [6, 6.07) is 6.60. The highest BCUT2D eigenvalue weighted by Crippen LogP contribution is 2.29. The molecular weight excluding hydrogens is 335 g/mol. The number of carbonyl (C=O) groups excluding carboxylic acids is 1. The molecule has 1 aromatic carbocycles. The van der Waals surface area contributed by atoms with E-state index < -0.39 is 11.9 Å². The van der Waals surface area contributed by atoms with Gasteiger partial charge in [-0.25, -0.2) is 4.98 Å². The van der Waals surface area contributed by atoms with Gasteiger partial charge in [-0.3, -0.25) is 4.79 Å². The maximum Gasteiger partial charge on any atom is 0.434 e. The second-order valence-electron chi connectivity index (χ2n) is 5.58. The summed E-state index contributed by atoms with van der Waals surface area (Å²) in [6.07, 6.45) is -1.88. The van der Waals surface area contributed by atoms with E-state index in [2.05, 4.69) is 11.6 Å². The molecule has 1 amide bonds. The number of alkyl halides is 3. The molecule has 0 unspecified atom stereocenters. The standard InChI is InChI=1S/C17H16F3N3O2/c1-2-9-25-13-5-3-12(4-6-13)16(24)23-8-7-22-10-14(17(18,19)20)21-15(22)11-23/h2-6,10H,1,7-9,11H2. The first-order valence-corrected chi connectivity index (χ1v) is 7.65. The van der Waals surface area contributed by atoms with Gasteiger partial charge in [-0.2, -0.15) is 13.2 Å². The van der Waals surface area contributed by atoms with Crippen LogP contribution >= 0.6 is 0 Å². The second kappa shape index (κ2) is 6.62. The number of aromatic nitrogens is 2. The van der Waals surface area contributed by atoms with Crippen molar-refractivity contribution in [3.8, 4) is 5.75 Å². The number of benzene rings is 1. The summed E-state index contributed by atoms with van der Waals surface area (Å²) in [5.41, 5.74) is -0.484. The van der Waals surface area contributed by atoms with Gasteiger partial charge < -0.3 is 14.2 Å². The molecule has 8 heteroatoms.